The summed E-state index contributed by atoms with van der Waals surface area (Å²) in [5, 5.41) is 3.65. The SMILES string of the molecule is CSc1ccc(CNC2CCCc3occc32)cc1. The van der Waals surface area contributed by atoms with E-state index in [2.05, 4.69) is 41.9 Å². The first kappa shape index (κ1) is 12.8. The summed E-state index contributed by atoms with van der Waals surface area (Å²) in [7, 11) is 0. The summed E-state index contributed by atoms with van der Waals surface area (Å²) in [6.45, 7) is 0.921. The van der Waals surface area contributed by atoms with Gasteiger partial charge in [-0.05, 0) is 42.9 Å². The van der Waals surface area contributed by atoms with Gasteiger partial charge in [-0.2, -0.15) is 0 Å². The van der Waals surface area contributed by atoms with Crippen LogP contribution in [-0.2, 0) is 13.0 Å². The molecule has 1 aromatic carbocycles. The molecule has 0 aliphatic heterocycles. The Labute approximate surface area is 118 Å². The standard InChI is InChI=1S/C16H19NOS/c1-19-13-7-5-12(6-8-13)11-17-15-3-2-4-16-14(15)9-10-18-16/h5-10,15,17H,2-4,11H2,1H3. The lowest BCUT2D eigenvalue weighted by Crippen LogP contribution is -2.23. The number of hydrogen-bond acceptors (Lipinski definition) is 3. The first-order chi connectivity index (χ1) is 9.36. The van der Waals surface area contributed by atoms with Crippen molar-refractivity contribution in [3.8, 4) is 0 Å². The van der Waals surface area contributed by atoms with Gasteiger partial charge in [-0.3, -0.25) is 0 Å². The van der Waals surface area contributed by atoms with E-state index in [0.29, 0.717) is 6.04 Å². The molecule has 0 saturated heterocycles. The summed E-state index contributed by atoms with van der Waals surface area (Å²) in [6.07, 6.45) is 7.43. The van der Waals surface area contributed by atoms with Crippen molar-refractivity contribution < 1.29 is 4.42 Å². The summed E-state index contributed by atoms with van der Waals surface area (Å²) < 4.78 is 5.53. The van der Waals surface area contributed by atoms with Gasteiger partial charge < -0.3 is 9.73 Å². The van der Waals surface area contributed by atoms with Crippen molar-refractivity contribution in [3.63, 3.8) is 0 Å². The van der Waals surface area contributed by atoms with E-state index in [4.69, 9.17) is 4.42 Å². The van der Waals surface area contributed by atoms with Crippen molar-refractivity contribution in [2.75, 3.05) is 6.26 Å². The molecule has 2 aromatic rings. The van der Waals surface area contributed by atoms with E-state index in [-0.39, 0.29) is 0 Å². The van der Waals surface area contributed by atoms with Crippen molar-refractivity contribution in [2.45, 2.75) is 36.7 Å². The predicted octanol–water partition coefficient (Wildman–Crippen LogP) is 4.17. The van der Waals surface area contributed by atoms with Gasteiger partial charge in [0.1, 0.15) is 5.76 Å². The Balaban J connectivity index is 1.64. The van der Waals surface area contributed by atoms with Crippen LogP contribution in [0.2, 0.25) is 0 Å². The van der Waals surface area contributed by atoms with E-state index in [0.717, 1.165) is 13.0 Å². The average molecular weight is 273 g/mol. The Morgan fingerprint density at radius 1 is 1.26 bits per heavy atom. The Morgan fingerprint density at radius 3 is 2.89 bits per heavy atom. The van der Waals surface area contributed by atoms with Gasteiger partial charge in [-0.15, -0.1) is 11.8 Å². The molecule has 0 fully saturated rings. The monoisotopic (exact) mass is 273 g/mol. The van der Waals surface area contributed by atoms with Gasteiger partial charge in [-0.1, -0.05) is 12.1 Å². The Morgan fingerprint density at radius 2 is 2.11 bits per heavy atom. The van der Waals surface area contributed by atoms with Gasteiger partial charge in [0.15, 0.2) is 0 Å². The Hall–Kier alpha value is -1.19. The van der Waals surface area contributed by atoms with E-state index in [1.54, 1.807) is 11.8 Å². The molecule has 0 amide bonds. The number of benzene rings is 1. The summed E-state index contributed by atoms with van der Waals surface area (Å²) in [4.78, 5) is 1.32. The maximum atomic E-state index is 5.53. The highest BCUT2D eigenvalue weighted by molar-refractivity contribution is 7.98. The van der Waals surface area contributed by atoms with Crippen LogP contribution in [0.15, 0.2) is 45.9 Å². The molecule has 1 unspecified atom stereocenters. The second kappa shape index (κ2) is 5.85. The summed E-state index contributed by atoms with van der Waals surface area (Å²) in [6, 6.07) is 11.3. The van der Waals surface area contributed by atoms with E-state index < -0.39 is 0 Å². The lowest BCUT2D eigenvalue weighted by atomic mass is 9.93. The molecule has 0 radical (unpaired) electrons. The molecule has 3 heteroatoms. The fraction of sp³-hybridized carbons (Fsp3) is 0.375. The highest BCUT2D eigenvalue weighted by Crippen LogP contribution is 2.30. The summed E-state index contributed by atoms with van der Waals surface area (Å²) >= 11 is 1.78. The Bertz CT molecular complexity index is 532. The van der Waals surface area contributed by atoms with Gasteiger partial charge in [0.2, 0.25) is 0 Å². The van der Waals surface area contributed by atoms with Crippen molar-refractivity contribution in [1.29, 1.82) is 0 Å². The van der Waals surface area contributed by atoms with E-state index in [1.807, 2.05) is 6.26 Å². The van der Waals surface area contributed by atoms with Crippen LogP contribution in [0.4, 0.5) is 0 Å². The quantitative estimate of drug-likeness (QED) is 0.846. The second-order valence-electron chi connectivity index (χ2n) is 4.97. The number of rotatable bonds is 4. The van der Waals surface area contributed by atoms with Crippen LogP contribution in [0.1, 0.15) is 35.8 Å². The molecule has 2 nitrogen and oxygen atoms in total. The number of fused-ring (bicyclic) bond motifs is 1. The number of nitrogens with one attached hydrogen (secondary N) is 1. The normalized spacial score (nSPS) is 18.3. The van der Waals surface area contributed by atoms with Gasteiger partial charge in [0.05, 0.1) is 6.26 Å². The van der Waals surface area contributed by atoms with Gasteiger partial charge in [0, 0.05) is 29.5 Å². The molecule has 1 aromatic heterocycles. The van der Waals surface area contributed by atoms with Crippen LogP contribution in [0, 0.1) is 0 Å². The zero-order valence-electron chi connectivity index (χ0n) is 11.2. The highest BCUT2D eigenvalue weighted by atomic mass is 32.2. The van der Waals surface area contributed by atoms with Crippen LogP contribution < -0.4 is 5.32 Å². The molecule has 1 atom stereocenters. The fourth-order valence-corrected chi connectivity index (χ4v) is 3.09. The maximum Gasteiger partial charge on any atom is 0.108 e. The van der Waals surface area contributed by atoms with Crippen LogP contribution >= 0.6 is 11.8 Å². The predicted molar refractivity (Wildman–Crippen MR) is 79.4 cm³/mol. The lowest BCUT2D eigenvalue weighted by Gasteiger charge is -2.22. The first-order valence-corrected chi connectivity index (χ1v) is 8.02. The van der Waals surface area contributed by atoms with Crippen molar-refractivity contribution in [3.05, 3.63) is 53.5 Å². The molecule has 1 heterocycles. The fourth-order valence-electron chi connectivity index (χ4n) is 2.68. The second-order valence-corrected chi connectivity index (χ2v) is 5.85. The molecule has 19 heavy (non-hydrogen) atoms. The largest absolute Gasteiger partial charge is 0.469 e. The smallest absolute Gasteiger partial charge is 0.108 e. The molecule has 1 N–H and O–H groups in total. The number of thioether (sulfide) groups is 1. The van der Waals surface area contributed by atoms with Crippen molar-refractivity contribution in [2.24, 2.45) is 0 Å². The zero-order valence-corrected chi connectivity index (χ0v) is 12.0. The minimum Gasteiger partial charge on any atom is -0.469 e. The molecular formula is C16H19NOS. The maximum absolute atomic E-state index is 5.53. The van der Waals surface area contributed by atoms with E-state index >= 15 is 0 Å². The van der Waals surface area contributed by atoms with Crippen molar-refractivity contribution in [1.82, 2.24) is 5.32 Å². The molecular weight excluding hydrogens is 254 g/mol. The summed E-state index contributed by atoms with van der Waals surface area (Å²) in [5.41, 5.74) is 2.69. The number of aryl methyl sites for hydroxylation is 1. The van der Waals surface area contributed by atoms with Crippen molar-refractivity contribution >= 4 is 11.8 Å². The average Bonchev–Trinajstić information content (AvgIpc) is 2.94. The third-order valence-electron chi connectivity index (χ3n) is 3.76. The number of furan rings is 1. The number of hydrogen-bond donors (Lipinski definition) is 1. The minimum absolute atomic E-state index is 0.447. The van der Waals surface area contributed by atoms with E-state index in [9.17, 15) is 0 Å². The lowest BCUT2D eigenvalue weighted by molar-refractivity contribution is 0.411. The molecule has 0 spiro atoms. The van der Waals surface area contributed by atoms with E-state index in [1.165, 1.54) is 34.6 Å². The zero-order chi connectivity index (χ0) is 13.1. The summed E-state index contributed by atoms with van der Waals surface area (Å²) in [5.74, 6) is 1.17. The van der Waals surface area contributed by atoms with Crippen LogP contribution in [0.5, 0.6) is 0 Å². The van der Waals surface area contributed by atoms with Gasteiger partial charge in [0.25, 0.3) is 0 Å². The first-order valence-electron chi connectivity index (χ1n) is 6.79. The third-order valence-corrected chi connectivity index (χ3v) is 4.51. The Kier molecular flexibility index (Phi) is 3.95. The molecule has 1 aliphatic rings. The van der Waals surface area contributed by atoms with Crippen LogP contribution in [0.3, 0.4) is 0 Å². The molecule has 0 saturated carbocycles. The van der Waals surface area contributed by atoms with Crippen LogP contribution in [0.25, 0.3) is 0 Å². The molecule has 0 bridgehead atoms. The highest BCUT2D eigenvalue weighted by Gasteiger charge is 2.21. The third kappa shape index (κ3) is 2.88. The molecule has 100 valence electrons. The molecule has 3 rings (SSSR count). The molecule has 1 aliphatic carbocycles. The van der Waals surface area contributed by atoms with Gasteiger partial charge >= 0.3 is 0 Å². The van der Waals surface area contributed by atoms with Crippen LogP contribution in [-0.4, -0.2) is 6.26 Å². The minimum atomic E-state index is 0.447. The van der Waals surface area contributed by atoms with Gasteiger partial charge in [-0.25, -0.2) is 0 Å². The topological polar surface area (TPSA) is 25.2 Å².